The van der Waals surface area contributed by atoms with Crippen molar-refractivity contribution in [1.82, 2.24) is 14.8 Å². The molecule has 0 fully saturated rings. The largest absolute Gasteiger partial charge is 0.435 e. The summed E-state index contributed by atoms with van der Waals surface area (Å²) in [6.45, 7) is 2.02. The van der Waals surface area contributed by atoms with E-state index < -0.39 is 42.1 Å². The molecule has 0 saturated heterocycles. The van der Waals surface area contributed by atoms with Crippen LogP contribution in [0.25, 0.3) is 10.2 Å². The van der Waals surface area contributed by atoms with E-state index in [9.17, 15) is 35.9 Å². The summed E-state index contributed by atoms with van der Waals surface area (Å²) in [6.07, 6.45) is -9.43. The van der Waals surface area contributed by atoms with E-state index in [1.807, 2.05) is 0 Å². The molecule has 0 atom stereocenters. The average molecular weight is 465 g/mol. The molecule has 3 aromatic heterocycles. The van der Waals surface area contributed by atoms with Crippen molar-refractivity contribution in [1.29, 1.82) is 0 Å². The Kier molecular flexibility index (Phi) is 5.46. The van der Waals surface area contributed by atoms with Gasteiger partial charge in [-0.15, -0.1) is 11.3 Å². The minimum atomic E-state index is -4.73. The van der Waals surface area contributed by atoms with Crippen LogP contribution in [0, 0.1) is 13.8 Å². The lowest BCUT2D eigenvalue weighted by molar-refractivity contribution is -0.142. The van der Waals surface area contributed by atoms with Crippen molar-refractivity contribution in [2.75, 3.05) is 5.32 Å². The third-order valence-corrected chi connectivity index (χ3v) is 5.30. The van der Waals surface area contributed by atoms with Crippen LogP contribution in [0.3, 0.4) is 0 Å². The van der Waals surface area contributed by atoms with E-state index in [1.54, 1.807) is 0 Å². The molecule has 3 rings (SSSR count). The Morgan fingerprint density at radius 3 is 2.23 bits per heavy atom. The Morgan fingerprint density at radius 1 is 1.10 bits per heavy atom. The van der Waals surface area contributed by atoms with Crippen LogP contribution in [-0.4, -0.2) is 26.6 Å². The first-order valence-corrected chi connectivity index (χ1v) is 9.22. The van der Waals surface area contributed by atoms with Crippen LogP contribution in [0.2, 0.25) is 0 Å². The third-order valence-electron chi connectivity index (χ3n) is 4.20. The number of nitrogens with two attached hydrogens (primary N) is 1. The number of primary amides is 1. The molecule has 3 heterocycles. The molecular formula is C17H13F6N5O2S. The van der Waals surface area contributed by atoms with E-state index in [4.69, 9.17) is 5.73 Å². The number of aromatic nitrogens is 3. The Hall–Kier alpha value is -3.16. The Bertz CT molecular complexity index is 1190. The molecule has 0 aliphatic rings. The van der Waals surface area contributed by atoms with Gasteiger partial charge < -0.3 is 11.1 Å². The number of thiophene rings is 1. The van der Waals surface area contributed by atoms with Gasteiger partial charge in [0.1, 0.15) is 21.9 Å². The zero-order valence-corrected chi connectivity index (χ0v) is 16.6. The SMILES string of the molecule is Cc1cc(C(F)(F)F)nc2sc(C(N)=O)c(NC(=O)Cn3nc(C(F)(F)F)cc3C)c12. The fraction of sp³-hybridized carbons (Fsp3) is 0.294. The molecule has 0 spiro atoms. The van der Waals surface area contributed by atoms with Gasteiger partial charge in [-0.25, -0.2) is 4.98 Å². The smallest absolute Gasteiger partial charge is 0.365 e. The summed E-state index contributed by atoms with van der Waals surface area (Å²) in [7, 11) is 0. The van der Waals surface area contributed by atoms with Crippen molar-refractivity contribution in [3.8, 4) is 0 Å². The lowest BCUT2D eigenvalue weighted by Crippen LogP contribution is -2.22. The minimum Gasteiger partial charge on any atom is -0.365 e. The number of pyridine rings is 1. The summed E-state index contributed by atoms with van der Waals surface area (Å²) >= 11 is 0.564. The maximum atomic E-state index is 13.0. The molecule has 0 unspecified atom stereocenters. The highest BCUT2D eigenvalue weighted by Gasteiger charge is 2.35. The van der Waals surface area contributed by atoms with E-state index in [1.165, 1.54) is 13.8 Å². The van der Waals surface area contributed by atoms with Crippen LogP contribution in [0.5, 0.6) is 0 Å². The molecule has 2 amide bonds. The predicted octanol–water partition coefficient (Wildman–Crippen LogP) is 3.88. The molecule has 0 aromatic carbocycles. The molecule has 3 aromatic rings. The van der Waals surface area contributed by atoms with Crippen molar-refractivity contribution >= 4 is 39.1 Å². The second kappa shape index (κ2) is 7.51. The third kappa shape index (κ3) is 4.47. The number of carbonyl (C=O) groups excluding carboxylic acids is 2. The van der Waals surface area contributed by atoms with Crippen LogP contribution in [-0.2, 0) is 23.7 Å². The van der Waals surface area contributed by atoms with E-state index >= 15 is 0 Å². The molecule has 0 saturated carbocycles. The summed E-state index contributed by atoms with van der Waals surface area (Å²) in [4.78, 5) is 27.3. The molecular weight excluding hydrogens is 452 g/mol. The topological polar surface area (TPSA) is 103 Å². The number of anilines is 1. The van der Waals surface area contributed by atoms with Crippen molar-refractivity contribution in [2.24, 2.45) is 5.73 Å². The fourth-order valence-electron chi connectivity index (χ4n) is 2.84. The molecule has 3 N–H and O–H groups in total. The normalized spacial score (nSPS) is 12.4. The number of nitrogens with zero attached hydrogens (tertiary/aromatic N) is 3. The number of fused-ring (bicyclic) bond motifs is 1. The highest BCUT2D eigenvalue weighted by atomic mass is 32.1. The number of hydrogen-bond acceptors (Lipinski definition) is 5. The first-order valence-electron chi connectivity index (χ1n) is 8.41. The molecule has 0 aliphatic carbocycles. The number of halogens is 6. The highest BCUT2D eigenvalue weighted by Crippen LogP contribution is 2.39. The fourth-order valence-corrected chi connectivity index (χ4v) is 3.90. The first-order chi connectivity index (χ1) is 14.2. The number of carbonyl (C=O) groups is 2. The molecule has 31 heavy (non-hydrogen) atoms. The molecule has 166 valence electrons. The lowest BCUT2D eigenvalue weighted by atomic mass is 10.1. The maximum Gasteiger partial charge on any atom is 0.435 e. The quantitative estimate of drug-likeness (QED) is 0.571. The Labute approximate surface area is 173 Å². The van der Waals surface area contributed by atoms with Gasteiger partial charge in [0.05, 0.1) is 5.69 Å². The van der Waals surface area contributed by atoms with Gasteiger partial charge in [0.25, 0.3) is 5.91 Å². The Balaban J connectivity index is 1.99. The maximum absolute atomic E-state index is 13.0. The summed E-state index contributed by atoms with van der Waals surface area (Å²) in [5, 5.41) is 5.75. The lowest BCUT2D eigenvalue weighted by Gasteiger charge is -2.10. The Morgan fingerprint density at radius 2 is 1.71 bits per heavy atom. The monoisotopic (exact) mass is 465 g/mol. The van der Waals surface area contributed by atoms with E-state index in [0.717, 1.165) is 16.8 Å². The van der Waals surface area contributed by atoms with Crippen LogP contribution < -0.4 is 11.1 Å². The van der Waals surface area contributed by atoms with E-state index in [2.05, 4.69) is 15.4 Å². The van der Waals surface area contributed by atoms with Gasteiger partial charge in [0, 0.05) is 11.1 Å². The van der Waals surface area contributed by atoms with Gasteiger partial charge in [-0.2, -0.15) is 31.4 Å². The number of hydrogen-bond donors (Lipinski definition) is 2. The molecule has 0 bridgehead atoms. The molecule has 7 nitrogen and oxygen atoms in total. The van der Waals surface area contributed by atoms with Gasteiger partial charge in [0.15, 0.2) is 5.69 Å². The van der Waals surface area contributed by atoms with Gasteiger partial charge in [0.2, 0.25) is 5.91 Å². The predicted molar refractivity (Wildman–Crippen MR) is 98.5 cm³/mol. The second-order valence-electron chi connectivity index (χ2n) is 6.55. The van der Waals surface area contributed by atoms with Crippen LogP contribution in [0.15, 0.2) is 12.1 Å². The average Bonchev–Trinajstić information content (AvgIpc) is 3.15. The van der Waals surface area contributed by atoms with Crippen molar-refractivity contribution < 1.29 is 35.9 Å². The van der Waals surface area contributed by atoms with Gasteiger partial charge in [-0.05, 0) is 31.5 Å². The zero-order chi connectivity index (χ0) is 23.3. The van der Waals surface area contributed by atoms with Crippen LogP contribution in [0.4, 0.5) is 32.0 Å². The van der Waals surface area contributed by atoms with Crippen LogP contribution in [0.1, 0.15) is 32.3 Å². The van der Waals surface area contributed by atoms with Crippen molar-refractivity contribution in [2.45, 2.75) is 32.7 Å². The summed E-state index contributed by atoms with van der Waals surface area (Å²) in [5.74, 6) is -1.87. The zero-order valence-electron chi connectivity index (χ0n) is 15.8. The molecule has 0 aliphatic heterocycles. The number of aryl methyl sites for hydroxylation is 2. The van der Waals surface area contributed by atoms with E-state index in [0.29, 0.717) is 11.3 Å². The molecule has 14 heteroatoms. The van der Waals surface area contributed by atoms with Gasteiger partial charge in [-0.1, -0.05) is 0 Å². The number of alkyl halides is 6. The standard InChI is InChI=1S/C17H13F6N5O2S/c1-6-3-8(16(18,19)20)25-15-11(6)12(13(31-15)14(24)30)26-10(29)5-28-7(2)4-9(27-28)17(21,22)23/h3-4H,5H2,1-2H3,(H2,24,30)(H,26,29). The second-order valence-corrected chi connectivity index (χ2v) is 7.55. The summed E-state index contributed by atoms with van der Waals surface area (Å²) in [5.41, 5.74) is 2.89. The van der Waals surface area contributed by atoms with Gasteiger partial charge in [-0.3, -0.25) is 14.3 Å². The van der Waals surface area contributed by atoms with Crippen molar-refractivity contribution in [3.05, 3.63) is 39.7 Å². The van der Waals surface area contributed by atoms with Crippen LogP contribution >= 0.6 is 11.3 Å². The van der Waals surface area contributed by atoms with Crippen molar-refractivity contribution in [3.63, 3.8) is 0 Å². The summed E-state index contributed by atoms with van der Waals surface area (Å²) in [6, 6.07) is 1.51. The van der Waals surface area contributed by atoms with E-state index in [-0.39, 0.29) is 32.0 Å². The highest BCUT2D eigenvalue weighted by molar-refractivity contribution is 7.21. The molecule has 0 radical (unpaired) electrons. The number of nitrogens with one attached hydrogen (secondary N) is 1. The number of amides is 2. The number of rotatable bonds is 4. The summed E-state index contributed by atoms with van der Waals surface area (Å²) < 4.78 is 78.3. The van der Waals surface area contributed by atoms with Gasteiger partial charge >= 0.3 is 12.4 Å². The minimum absolute atomic E-state index is 0.0560. The first kappa shape index (κ1) is 22.5.